The van der Waals surface area contributed by atoms with Gasteiger partial charge in [0.15, 0.2) is 0 Å². The maximum atomic E-state index is 10.0. The van der Waals surface area contributed by atoms with E-state index >= 15 is 0 Å². The lowest BCUT2D eigenvalue weighted by atomic mass is 10.3. The van der Waals surface area contributed by atoms with E-state index in [0.29, 0.717) is 5.88 Å². The number of alkyl halides is 1. The van der Waals surface area contributed by atoms with E-state index in [1.54, 1.807) is 0 Å². The molecule has 0 aliphatic carbocycles. The van der Waals surface area contributed by atoms with Gasteiger partial charge in [0, 0.05) is 24.6 Å². The molecule has 0 aromatic heterocycles. The van der Waals surface area contributed by atoms with Gasteiger partial charge in [-0.15, -0.1) is 11.6 Å². The number of phenolic OH excluding ortho intramolecular Hbond substituents is 1. The molecule has 5 nitrogen and oxygen atoms in total. The van der Waals surface area contributed by atoms with Gasteiger partial charge in [0.1, 0.15) is 5.75 Å². The first-order valence-corrected chi connectivity index (χ1v) is 4.79. The summed E-state index contributed by atoms with van der Waals surface area (Å²) >= 11 is 5.24. The Kier molecular flexibility index (Phi) is 7.31. The van der Waals surface area contributed by atoms with Crippen molar-refractivity contribution >= 4 is 17.3 Å². The van der Waals surface area contributed by atoms with Gasteiger partial charge in [-0.05, 0) is 19.2 Å². The molecule has 0 fully saturated rings. The standard InChI is InChI=1S/C6H5NO3.C3H8ClN/c8-6-3-1-5(2-4-6)7(9)10;1-5-3-2-4/h1-4,8H;5H,2-3H2,1H3. The number of nitrogens with one attached hydrogen (secondary N) is 1. The molecule has 0 saturated heterocycles. The Hall–Kier alpha value is -1.33. The first-order valence-electron chi connectivity index (χ1n) is 4.25. The van der Waals surface area contributed by atoms with Crippen LogP contribution >= 0.6 is 11.6 Å². The van der Waals surface area contributed by atoms with E-state index < -0.39 is 4.92 Å². The van der Waals surface area contributed by atoms with Crippen LogP contribution in [0.4, 0.5) is 5.69 Å². The molecule has 0 amide bonds. The monoisotopic (exact) mass is 232 g/mol. The highest BCUT2D eigenvalue weighted by molar-refractivity contribution is 6.18. The Balaban J connectivity index is 0.000000336. The molecule has 0 saturated carbocycles. The van der Waals surface area contributed by atoms with E-state index in [1.165, 1.54) is 24.3 Å². The molecule has 1 rings (SSSR count). The second kappa shape index (κ2) is 8.02. The van der Waals surface area contributed by atoms with E-state index in [9.17, 15) is 10.1 Å². The molecule has 0 atom stereocenters. The van der Waals surface area contributed by atoms with Crippen molar-refractivity contribution in [2.24, 2.45) is 0 Å². The van der Waals surface area contributed by atoms with Gasteiger partial charge in [-0.25, -0.2) is 0 Å². The zero-order valence-electron chi connectivity index (χ0n) is 8.31. The summed E-state index contributed by atoms with van der Waals surface area (Å²) in [6, 6.07) is 5.04. The Labute approximate surface area is 92.8 Å². The van der Waals surface area contributed by atoms with E-state index in [-0.39, 0.29) is 11.4 Å². The number of benzene rings is 1. The van der Waals surface area contributed by atoms with Crippen LogP contribution in [0.15, 0.2) is 24.3 Å². The number of phenols is 1. The molecule has 0 radical (unpaired) electrons. The molecule has 84 valence electrons. The van der Waals surface area contributed by atoms with E-state index in [2.05, 4.69) is 5.32 Å². The smallest absolute Gasteiger partial charge is 0.269 e. The maximum absolute atomic E-state index is 10.0. The van der Waals surface area contributed by atoms with Crippen molar-refractivity contribution in [3.63, 3.8) is 0 Å². The first kappa shape index (κ1) is 13.7. The number of hydrogen-bond acceptors (Lipinski definition) is 4. The van der Waals surface area contributed by atoms with Crippen molar-refractivity contribution in [3.8, 4) is 5.75 Å². The van der Waals surface area contributed by atoms with Gasteiger partial charge in [-0.2, -0.15) is 0 Å². The zero-order chi connectivity index (χ0) is 11.7. The summed E-state index contributed by atoms with van der Waals surface area (Å²) in [5, 5.41) is 21.6. The SMILES string of the molecule is CNCCCl.O=[N+]([O-])c1ccc(O)cc1. The lowest BCUT2D eigenvalue weighted by Gasteiger charge is -1.89. The molecule has 6 heteroatoms. The molecular weight excluding hydrogens is 220 g/mol. The molecule has 2 N–H and O–H groups in total. The summed E-state index contributed by atoms with van der Waals surface area (Å²) in [4.78, 5) is 9.52. The minimum absolute atomic E-state index is 0.0159. The molecule has 1 aromatic carbocycles. The van der Waals surface area contributed by atoms with Gasteiger partial charge in [0.05, 0.1) is 4.92 Å². The Morgan fingerprint density at radius 3 is 2.27 bits per heavy atom. The highest BCUT2D eigenvalue weighted by Crippen LogP contribution is 2.14. The number of nitrogens with zero attached hydrogens (tertiary/aromatic N) is 1. The Morgan fingerprint density at radius 1 is 1.47 bits per heavy atom. The van der Waals surface area contributed by atoms with E-state index in [0.717, 1.165) is 6.54 Å². The molecular formula is C9H13ClN2O3. The molecule has 0 heterocycles. The average molecular weight is 233 g/mol. The molecule has 15 heavy (non-hydrogen) atoms. The fourth-order valence-electron chi connectivity index (χ4n) is 0.669. The molecule has 1 aromatic rings. The zero-order valence-corrected chi connectivity index (χ0v) is 9.07. The molecule has 0 unspecified atom stereocenters. The summed E-state index contributed by atoms with van der Waals surface area (Å²) in [6.07, 6.45) is 0. The lowest BCUT2D eigenvalue weighted by molar-refractivity contribution is -0.384. The van der Waals surface area contributed by atoms with Crippen molar-refractivity contribution in [1.82, 2.24) is 5.32 Å². The Morgan fingerprint density at radius 2 is 2.00 bits per heavy atom. The summed E-state index contributed by atoms with van der Waals surface area (Å²) in [6.45, 7) is 0.904. The van der Waals surface area contributed by atoms with Gasteiger partial charge in [-0.3, -0.25) is 10.1 Å². The molecule has 0 aliphatic heterocycles. The van der Waals surface area contributed by atoms with Crippen LogP contribution in [0.1, 0.15) is 0 Å². The van der Waals surface area contributed by atoms with Crippen LogP contribution in [-0.4, -0.2) is 29.5 Å². The highest BCUT2D eigenvalue weighted by atomic mass is 35.5. The molecule has 0 spiro atoms. The third-order valence-corrected chi connectivity index (χ3v) is 1.59. The fraction of sp³-hybridized carbons (Fsp3) is 0.333. The predicted molar refractivity (Wildman–Crippen MR) is 59.4 cm³/mol. The highest BCUT2D eigenvalue weighted by Gasteiger charge is 2.01. The number of halogens is 1. The predicted octanol–water partition coefficient (Wildman–Crippen LogP) is 1.74. The number of nitro groups is 1. The van der Waals surface area contributed by atoms with Crippen LogP contribution in [-0.2, 0) is 0 Å². The molecule has 0 aliphatic rings. The fourth-order valence-corrected chi connectivity index (χ4v) is 0.858. The summed E-state index contributed by atoms with van der Waals surface area (Å²) in [5.74, 6) is 0.738. The minimum atomic E-state index is -0.514. The van der Waals surface area contributed by atoms with Crippen LogP contribution in [0.2, 0.25) is 0 Å². The normalized spacial score (nSPS) is 8.93. The van der Waals surface area contributed by atoms with Crippen molar-refractivity contribution in [3.05, 3.63) is 34.4 Å². The van der Waals surface area contributed by atoms with Gasteiger partial charge in [-0.1, -0.05) is 0 Å². The summed E-state index contributed by atoms with van der Waals surface area (Å²) < 4.78 is 0. The van der Waals surface area contributed by atoms with Crippen LogP contribution in [0.25, 0.3) is 0 Å². The van der Waals surface area contributed by atoms with Crippen molar-refractivity contribution in [2.45, 2.75) is 0 Å². The van der Waals surface area contributed by atoms with Crippen molar-refractivity contribution < 1.29 is 10.0 Å². The van der Waals surface area contributed by atoms with E-state index in [4.69, 9.17) is 16.7 Å². The molecule has 0 bridgehead atoms. The van der Waals surface area contributed by atoms with Crippen molar-refractivity contribution in [2.75, 3.05) is 19.5 Å². The number of aromatic hydroxyl groups is 1. The quantitative estimate of drug-likeness (QED) is 0.473. The van der Waals surface area contributed by atoms with Gasteiger partial charge in [0.25, 0.3) is 5.69 Å². The van der Waals surface area contributed by atoms with Crippen LogP contribution in [0, 0.1) is 10.1 Å². The van der Waals surface area contributed by atoms with Crippen molar-refractivity contribution in [1.29, 1.82) is 0 Å². The second-order valence-electron chi connectivity index (χ2n) is 2.57. The largest absolute Gasteiger partial charge is 0.508 e. The summed E-state index contributed by atoms with van der Waals surface area (Å²) in [7, 11) is 1.88. The lowest BCUT2D eigenvalue weighted by Crippen LogP contribution is -2.07. The third kappa shape index (κ3) is 6.70. The van der Waals surface area contributed by atoms with Crippen LogP contribution in [0.3, 0.4) is 0 Å². The number of hydrogen-bond donors (Lipinski definition) is 2. The minimum Gasteiger partial charge on any atom is -0.508 e. The first-order chi connectivity index (χ1) is 7.11. The number of non-ortho nitro benzene ring substituents is 1. The van der Waals surface area contributed by atoms with Gasteiger partial charge in [0.2, 0.25) is 0 Å². The topological polar surface area (TPSA) is 75.4 Å². The van der Waals surface area contributed by atoms with Crippen LogP contribution in [0.5, 0.6) is 5.75 Å². The number of rotatable bonds is 3. The van der Waals surface area contributed by atoms with Gasteiger partial charge >= 0.3 is 0 Å². The third-order valence-electron chi connectivity index (χ3n) is 1.41. The number of nitro benzene ring substituents is 1. The van der Waals surface area contributed by atoms with Gasteiger partial charge < -0.3 is 10.4 Å². The van der Waals surface area contributed by atoms with E-state index in [1.807, 2.05) is 7.05 Å². The van der Waals surface area contributed by atoms with Crippen LogP contribution < -0.4 is 5.32 Å². The Bertz CT molecular complexity index is 288. The average Bonchev–Trinajstić information content (AvgIpc) is 2.20. The second-order valence-corrected chi connectivity index (χ2v) is 2.94. The maximum Gasteiger partial charge on any atom is 0.269 e. The summed E-state index contributed by atoms with van der Waals surface area (Å²) in [5.41, 5.74) is -0.0159.